The van der Waals surface area contributed by atoms with Gasteiger partial charge in [0.1, 0.15) is 77.2 Å². The molecule has 111 heavy (non-hydrogen) atoms. The molecular weight excluding hydrogens is 1490 g/mol. The van der Waals surface area contributed by atoms with Crippen LogP contribution in [0.3, 0.4) is 0 Å². The number of allylic oxidation sites excluding steroid dienone is 3. The number of imide groups is 1. The van der Waals surface area contributed by atoms with E-state index in [9.17, 15) is 82.4 Å². The molecule has 2 aromatic carbocycles. The molecule has 612 valence electrons. The Morgan fingerprint density at radius 3 is 2.05 bits per heavy atom. The Balaban J connectivity index is 1.12. The molecule has 4 aliphatic rings. The van der Waals surface area contributed by atoms with E-state index in [-0.39, 0.29) is 143 Å². The summed E-state index contributed by atoms with van der Waals surface area (Å²) in [5.74, 6) is -9.59. The summed E-state index contributed by atoms with van der Waals surface area (Å²) < 4.78 is 34.5. The third-order valence-electron chi connectivity index (χ3n) is 19.6. The second-order valence-corrected chi connectivity index (χ2v) is 29.4. The number of aliphatic hydroxyl groups is 1. The van der Waals surface area contributed by atoms with Crippen molar-refractivity contribution in [2.45, 2.75) is 196 Å². The van der Waals surface area contributed by atoms with Crippen LogP contribution in [0, 0.1) is 5.92 Å². The highest BCUT2D eigenvalue weighted by Crippen LogP contribution is 2.49. The molecule has 0 saturated carbocycles. The van der Waals surface area contributed by atoms with Gasteiger partial charge in [0.2, 0.25) is 59.1 Å². The number of likely N-dealkylation sites (N-methyl/N-ethyl adjacent to an activating group) is 1. The van der Waals surface area contributed by atoms with Crippen LogP contribution < -0.4 is 57.9 Å². The number of amides is 13. The van der Waals surface area contributed by atoms with Crippen molar-refractivity contribution in [3.05, 3.63) is 76.3 Å². The van der Waals surface area contributed by atoms with E-state index in [1.165, 1.54) is 71.5 Å². The normalized spacial score (nSPS) is 22.5. The largest absolute Gasteiger partial charge is 0.508 e. The molecule has 35 nitrogen and oxygen atoms in total. The maximum atomic E-state index is 14.6. The van der Waals surface area contributed by atoms with E-state index in [1.54, 1.807) is 44.2 Å². The van der Waals surface area contributed by atoms with Gasteiger partial charge in [-0.25, -0.2) is 19.2 Å². The van der Waals surface area contributed by atoms with Gasteiger partial charge < -0.3 is 96.5 Å². The summed E-state index contributed by atoms with van der Waals surface area (Å²) in [5, 5.41) is 52.9. The Hall–Kier alpha value is -9.62. The molecule has 12 atom stereocenters. The van der Waals surface area contributed by atoms with Crippen molar-refractivity contribution in [1.82, 2.24) is 52.3 Å². The number of halogens is 1. The average molecular weight is 1600 g/mol. The predicted molar refractivity (Wildman–Crippen MR) is 403 cm³/mol. The number of methoxy groups -OCH3 is 3. The molecule has 4 aliphatic heterocycles. The Bertz CT molecular complexity index is 3720. The Morgan fingerprint density at radius 2 is 1.41 bits per heavy atom. The van der Waals surface area contributed by atoms with Gasteiger partial charge in [0.25, 0.3) is 0 Å². The predicted octanol–water partition coefficient (Wildman–Crippen LogP) is 1.82. The highest BCUT2D eigenvalue weighted by Gasteiger charge is 2.64. The van der Waals surface area contributed by atoms with Crippen LogP contribution in [0.15, 0.2) is 60.2 Å². The number of alkyl carbamates (subject to hydrolysis) is 1. The summed E-state index contributed by atoms with van der Waals surface area (Å²) in [6, 6.07) is 1.29. The summed E-state index contributed by atoms with van der Waals surface area (Å²) in [7, 11) is 7.13. The second kappa shape index (κ2) is 43.3. The number of urea groups is 1. The number of carboxylic acids is 1. The van der Waals surface area contributed by atoms with Gasteiger partial charge in [-0.05, 0) is 114 Å². The molecule has 0 aliphatic carbocycles. The van der Waals surface area contributed by atoms with Crippen molar-refractivity contribution in [1.29, 1.82) is 0 Å². The Kier molecular flexibility index (Phi) is 35.2. The summed E-state index contributed by atoms with van der Waals surface area (Å²) in [6.07, 6.45) is 0.0607. The molecule has 13 amide bonds. The number of carbonyl (C=O) groups is 14. The topological polar surface area (TPSA) is 490 Å². The van der Waals surface area contributed by atoms with Crippen LogP contribution in [0.2, 0.25) is 5.02 Å². The van der Waals surface area contributed by atoms with E-state index in [4.69, 9.17) is 45.8 Å². The maximum Gasteiger partial charge on any atom is 0.409 e. The van der Waals surface area contributed by atoms with Crippen LogP contribution in [0.4, 0.5) is 15.3 Å². The molecule has 13 N–H and O–H groups in total. The van der Waals surface area contributed by atoms with E-state index in [1.807, 2.05) is 6.92 Å². The first-order valence-corrected chi connectivity index (χ1v) is 38.2. The number of aromatic hydroxyl groups is 1. The zero-order valence-corrected chi connectivity index (χ0v) is 65.5. The van der Waals surface area contributed by atoms with Gasteiger partial charge >= 0.3 is 24.1 Å². The van der Waals surface area contributed by atoms with Gasteiger partial charge in [-0.1, -0.05) is 54.5 Å². The molecule has 3 fully saturated rings. The van der Waals surface area contributed by atoms with Crippen LogP contribution in [-0.2, 0) is 94.1 Å². The van der Waals surface area contributed by atoms with Crippen molar-refractivity contribution >= 4 is 112 Å². The lowest BCUT2D eigenvalue weighted by Crippen LogP contribution is -2.63. The molecule has 37 heteroatoms. The zero-order chi connectivity index (χ0) is 81.9. The van der Waals surface area contributed by atoms with E-state index < -0.39 is 162 Å². The molecule has 0 unspecified atom stereocenters. The van der Waals surface area contributed by atoms with Crippen LogP contribution in [0.1, 0.15) is 129 Å². The lowest BCUT2D eigenvalue weighted by atomic mass is 9.83. The number of ether oxygens (including phenoxy) is 6. The van der Waals surface area contributed by atoms with Crippen molar-refractivity contribution in [2.24, 2.45) is 11.7 Å². The molecule has 4 bridgehead atoms. The number of benzene rings is 2. The summed E-state index contributed by atoms with van der Waals surface area (Å²) in [6.45, 7) is 6.41. The highest BCUT2D eigenvalue weighted by atomic mass is 35.5. The number of epoxide rings is 1. The van der Waals surface area contributed by atoms with Gasteiger partial charge in [-0.3, -0.25) is 58.2 Å². The van der Waals surface area contributed by atoms with Gasteiger partial charge in [0.15, 0.2) is 5.72 Å². The minimum Gasteiger partial charge on any atom is -0.508 e. The number of rotatable bonds is 39. The van der Waals surface area contributed by atoms with E-state index in [0.29, 0.717) is 30.4 Å². The number of nitrogens with zero attached hydrogens (tertiary/aromatic N) is 3. The molecule has 0 spiro atoms. The number of hydrogen-bond acceptors (Lipinski definition) is 23. The standard InChI is InChI=1S/C74H105ClN12O23S/c1-42-16-14-20-55(107-9)74(104)39-54(108-72(103)84-74)43(2)65-73(4,110-65)56(38-63(95)86(6)52-36-46(34-42)37-53(106-8)64(52)75)109-70(101)44(3)85(5)60(92)28-33-111-41-59(91)81-49(19-15-31-79-71(76)102)67(97)82-50(68(98)83-51(69(99)100)35-45-21-23-47(88)24-22-45)18-11-13-30-78-66(96)48(17-10-12-29-77-57(89)27-32-105-7)80-58(90)40-87-61(93)25-26-62(87)94/h14,16,20-24,36-37,43-44,48-51,54-56,65,88,104H,10-13,15,17-19,25-35,38-41H2,1-9H3,(H,77,89)(H,78,96)(H,80,90)(H,81,91)(H,82,97)(H,83,98)(H,84,103)(H,99,100)(H3,76,79,102)/b20-14+,42-16+/t43-,44+,48+,49+,50+,51+,54+,55-,56+,65+,73+,74+/m1/s1. The molecule has 3 saturated heterocycles. The number of esters is 1. The van der Waals surface area contributed by atoms with E-state index >= 15 is 0 Å². The smallest absolute Gasteiger partial charge is 0.409 e. The number of anilines is 1. The SMILES string of the molecule is COCCC(=O)NCCCC[C@H](NC(=O)CN1C(=O)CCC1=O)C(=O)NCCCC[C@H](NC(=O)[C@H](CCCNC(N)=O)NC(=O)CSCCC(=O)N(C)[C@@H](C)C(=O)O[C@H]1CC(=O)N(C)c2cc(cc(OC)c2Cl)C/C(C)=C/C=C/[C@@H](OC)[C@@]2(O)C[C@H](OC(=O)N2)[C@@H](C)[C@@H]2O[C@@]12C)C(=O)N[C@@H](Cc1ccc(O)cc1)C(=O)O. The number of aliphatic carboxylic acids is 1. The first kappa shape index (κ1) is 90.3. The fraction of sp³-hybridized carbons (Fsp3) is 0.595. The highest BCUT2D eigenvalue weighted by molar-refractivity contribution is 7.99. The maximum absolute atomic E-state index is 14.6. The minimum absolute atomic E-state index is 0.00175. The quantitative estimate of drug-likeness (QED) is 0.0196. The van der Waals surface area contributed by atoms with Crippen molar-refractivity contribution < 1.29 is 111 Å². The number of likely N-dealkylation sites (tertiary alicyclic amines) is 1. The number of nitrogens with two attached hydrogens (primary N) is 1. The average Bonchev–Trinajstić information content (AvgIpc) is 1.57. The summed E-state index contributed by atoms with van der Waals surface area (Å²) in [5.41, 5.74) is 4.20. The fourth-order valence-electron chi connectivity index (χ4n) is 12.9. The lowest BCUT2D eigenvalue weighted by molar-refractivity contribution is -0.162. The molecule has 6 rings (SSSR count). The van der Waals surface area contributed by atoms with Crippen LogP contribution in [0.25, 0.3) is 0 Å². The lowest BCUT2D eigenvalue weighted by Gasteiger charge is -2.42. The van der Waals surface area contributed by atoms with Crippen molar-refractivity contribution in [3.63, 3.8) is 0 Å². The van der Waals surface area contributed by atoms with Gasteiger partial charge in [0.05, 0.1) is 37.7 Å². The molecule has 0 radical (unpaired) electrons. The van der Waals surface area contributed by atoms with Crippen molar-refractivity contribution in [3.8, 4) is 11.5 Å². The fourth-order valence-corrected chi connectivity index (χ4v) is 13.9. The summed E-state index contributed by atoms with van der Waals surface area (Å²) >= 11 is 7.85. The van der Waals surface area contributed by atoms with E-state index in [0.717, 1.165) is 27.1 Å². The van der Waals surface area contributed by atoms with Gasteiger partial charge in [0, 0.05) is 98.1 Å². The van der Waals surface area contributed by atoms with Crippen LogP contribution >= 0.6 is 23.4 Å². The first-order valence-electron chi connectivity index (χ1n) is 36.6. The third-order valence-corrected chi connectivity index (χ3v) is 20.9. The molecule has 0 aromatic heterocycles. The number of nitrogens with one attached hydrogen (secondary N) is 8. The Labute approximate surface area is 652 Å². The summed E-state index contributed by atoms with van der Waals surface area (Å²) in [4.78, 5) is 190. The molecular formula is C74H105ClN12O23S. The number of phenols is 1. The number of fused-ring (bicyclic) bond motifs is 5. The number of phenolic OH excluding ortho intramolecular Hbond substituents is 1. The second-order valence-electron chi connectivity index (χ2n) is 28.0. The van der Waals surface area contributed by atoms with Gasteiger partial charge in [-0.15, -0.1) is 0 Å². The number of hydrogen-bond donors (Lipinski definition) is 12. The number of carboxylic acid groups (broad SMARTS) is 1. The Morgan fingerprint density at radius 1 is 0.802 bits per heavy atom. The van der Waals surface area contributed by atoms with Crippen molar-refractivity contribution in [2.75, 3.05) is 84.6 Å². The van der Waals surface area contributed by atoms with Gasteiger partial charge in [-0.2, -0.15) is 11.8 Å². The van der Waals surface area contributed by atoms with Crippen LogP contribution in [-0.4, -0.2) is 254 Å². The van der Waals surface area contributed by atoms with Crippen LogP contribution in [0.5, 0.6) is 11.5 Å². The zero-order valence-electron chi connectivity index (χ0n) is 63.9. The number of unbranched alkanes of at least 4 members (excludes halogenated alkanes) is 2. The number of thioether (sulfide) groups is 1. The first-order chi connectivity index (χ1) is 52.6. The minimum atomic E-state index is -1.95. The number of carbonyl (C=O) groups excluding carboxylic acids is 13. The number of primary amides is 1. The van der Waals surface area contributed by atoms with E-state index in [2.05, 4.69) is 42.5 Å². The molecule has 4 heterocycles. The molecule has 2 aromatic rings. The third kappa shape index (κ3) is 27.4. The monoisotopic (exact) mass is 1600 g/mol.